The number of oxazole rings is 1. The second-order valence-corrected chi connectivity index (χ2v) is 5.42. The van der Waals surface area contributed by atoms with E-state index < -0.39 is 18.3 Å². The van der Waals surface area contributed by atoms with Crippen LogP contribution >= 0.6 is 0 Å². The normalized spacial score (nSPS) is 14.5. The van der Waals surface area contributed by atoms with Crippen LogP contribution in [-0.2, 0) is 6.61 Å². The van der Waals surface area contributed by atoms with Gasteiger partial charge in [0, 0.05) is 12.5 Å². The number of dihydropyridines is 1. The molecule has 0 amide bonds. The van der Waals surface area contributed by atoms with Gasteiger partial charge in [0.05, 0.1) is 29.2 Å². The van der Waals surface area contributed by atoms with Crippen molar-refractivity contribution in [2.75, 3.05) is 0 Å². The first-order valence-corrected chi connectivity index (χ1v) is 7.42. The molecule has 3 rings (SSSR count). The Morgan fingerprint density at radius 3 is 2.77 bits per heavy atom. The molecule has 130 valence electrons. The van der Waals surface area contributed by atoms with Gasteiger partial charge in [-0.15, -0.1) is 0 Å². The Bertz CT molecular complexity index is 1060. The Kier molecular flexibility index (Phi) is 4.19. The van der Waals surface area contributed by atoms with Gasteiger partial charge in [0.15, 0.2) is 17.5 Å². The number of nitrogens with zero attached hydrogens (tertiary/aromatic N) is 3. The van der Waals surface area contributed by atoms with E-state index in [1.165, 1.54) is 18.2 Å². The number of aliphatic hydroxyl groups excluding tert-OH is 1. The van der Waals surface area contributed by atoms with Gasteiger partial charge in [0.1, 0.15) is 23.3 Å². The van der Waals surface area contributed by atoms with E-state index in [1.807, 2.05) is 0 Å². The van der Waals surface area contributed by atoms with Crippen molar-refractivity contribution in [3.8, 4) is 6.07 Å². The molecule has 0 fully saturated rings. The fourth-order valence-corrected chi connectivity index (χ4v) is 2.60. The predicted octanol–water partition coefficient (Wildman–Crippen LogP) is 1.66. The fraction of sp³-hybridized carbons (Fsp3) is 0.118. The number of aliphatic imine (C=N–C) groups is 1. The molecule has 0 spiro atoms. The van der Waals surface area contributed by atoms with E-state index in [0.717, 1.165) is 0 Å². The van der Waals surface area contributed by atoms with E-state index >= 15 is 0 Å². The highest BCUT2D eigenvalue weighted by Crippen LogP contribution is 2.31. The Labute approximate surface area is 147 Å². The summed E-state index contributed by atoms with van der Waals surface area (Å²) in [5.74, 6) is -1.01. The molecule has 1 aromatic carbocycles. The summed E-state index contributed by atoms with van der Waals surface area (Å²) in [6.07, 6.45) is 0. The zero-order valence-electron chi connectivity index (χ0n) is 13.6. The number of hydrogen-bond donors (Lipinski definition) is 4. The van der Waals surface area contributed by atoms with E-state index in [1.54, 1.807) is 13.0 Å². The molecule has 0 saturated carbocycles. The standard InChI is InChI=1S/C17H13FN6O2/c1-7-23-10(6-25)16(26-7)11-13(20)14(21)17(22)24-15(11)9-4-2-3-8(5-19)12(9)18/h2-4,21-22,25H,6,20H2,1H3. The third-order valence-corrected chi connectivity index (χ3v) is 3.79. The van der Waals surface area contributed by atoms with Crippen molar-refractivity contribution >= 4 is 22.8 Å². The molecular weight excluding hydrogens is 339 g/mol. The van der Waals surface area contributed by atoms with Gasteiger partial charge < -0.3 is 15.3 Å². The number of aryl methyl sites for hydroxylation is 1. The Morgan fingerprint density at radius 1 is 1.38 bits per heavy atom. The number of nitrogens with two attached hydrogens (primary N) is 1. The molecule has 0 radical (unpaired) electrons. The van der Waals surface area contributed by atoms with Crippen molar-refractivity contribution < 1.29 is 13.9 Å². The van der Waals surface area contributed by atoms with Gasteiger partial charge in [0.2, 0.25) is 0 Å². The highest BCUT2D eigenvalue weighted by molar-refractivity contribution is 6.55. The summed E-state index contributed by atoms with van der Waals surface area (Å²) in [4.78, 5) is 8.02. The minimum atomic E-state index is -0.831. The Balaban J connectivity index is 2.33. The highest BCUT2D eigenvalue weighted by Gasteiger charge is 2.32. The van der Waals surface area contributed by atoms with Crippen LogP contribution in [0.25, 0.3) is 5.57 Å². The van der Waals surface area contributed by atoms with Crippen LogP contribution in [0.3, 0.4) is 0 Å². The lowest BCUT2D eigenvalue weighted by atomic mass is 9.92. The quantitative estimate of drug-likeness (QED) is 0.661. The van der Waals surface area contributed by atoms with Crippen LogP contribution in [0, 0.1) is 34.9 Å². The zero-order chi connectivity index (χ0) is 19.0. The van der Waals surface area contributed by atoms with Crippen LogP contribution < -0.4 is 5.73 Å². The lowest BCUT2D eigenvalue weighted by molar-refractivity contribution is 0.276. The molecule has 0 unspecified atom stereocenters. The van der Waals surface area contributed by atoms with Crippen LogP contribution in [0.5, 0.6) is 0 Å². The Hall–Kier alpha value is -3.64. The smallest absolute Gasteiger partial charge is 0.192 e. The third-order valence-electron chi connectivity index (χ3n) is 3.79. The lowest BCUT2D eigenvalue weighted by Gasteiger charge is -2.19. The van der Waals surface area contributed by atoms with Gasteiger partial charge in [-0.2, -0.15) is 5.26 Å². The molecule has 5 N–H and O–H groups in total. The summed E-state index contributed by atoms with van der Waals surface area (Å²) in [5, 5.41) is 34.3. The molecule has 1 aromatic heterocycles. The zero-order valence-corrected chi connectivity index (χ0v) is 13.6. The number of allylic oxidation sites excluding steroid dienone is 1. The number of hydrogen-bond acceptors (Lipinski definition) is 7. The van der Waals surface area contributed by atoms with Gasteiger partial charge in [-0.1, -0.05) is 6.07 Å². The molecule has 1 aliphatic rings. The maximum atomic E-state index is 14.7. The molecule has 0 saturated heterocycles. The summed E-state index contributed by atoms with van der Waals surface area (Å²) >= 11 is 0. The maximum Gasteiger partial charge on any atom is 0.192 e. The van der Waals surface area contributed by atoms with E-state index in [2.05, 4.69) is 9.98 Å². The van der Waals surface area contributed by atoms with Crippen molar-refractivity contribution in [1.29, 1.82) is 16.1 Å². The van der Waals surface area contributed by atoms with E-state index in [0.29, 0.717) is 0 Å². The summed E-state index contributed by atoms with van der Waals surface area (Å²) in [5.41, 5.74) is 5.33. The average Bonchev–Trinajstić information content (AvgIpc) is 3.00. The highest BCUT2D eigenvalue weighted by atomic mass is 19.1. The van der Waals surface area contributed by atoms with Crippen molar-refractivity contribution in [3.05, 3.63) is 58.2 Å². The predicted molar refractivity (Wildman–Crippen MR) is 91.4 cm³/mol. The average molecular weight is 352 g/mol. The largest absolute Gasteiger partial charge is 0.440 e. The second-order valence-electron chi connectivity index (χ2n) is 5.42. The summed E-state index contributed by atoms with van der Waals surface area (Å²) in [6.45, 7) is 1.09. The second kappa shape index (κ2) is 6.34. The van der Waals surface area contributed by atoms with Crippen LogP contribution in [0.15, 0.2) is 33.3 Å². The SMILES string of the molecule is Cc1nc(CO)c(C2=C(N)C(=N)C(=N)N=C2c2cccc(C#N)c2F)o1. The van der Waals surface area contributed by atoms with Gasteiger partial charge in [-0.3, -0.25) is 10.8 Å². The van der Waals surface area contributed by atoms with Gasteiger partial charge in [-0.05, 0) is 12.1 Å². The Morgan fingerprint density at radius 2 is 2.12 bits per heavy atom. The first-order valence-electron chi connectivity index (χ1n) is 7.42. The van der Waals surface area contributed by atoms with Gasteiger partial charge >= 0.3 is 0 Å². The monoisotopic (exact) mass is 352 g/mol. The molecular formula is C17H13FN6O2. The molecule has 26 heavy (non-hydrogen) atoms. The molecule has 0 atom stereocenters. The van der Waals surface area contributed by atoms with E-state index in [4.69, 9.17) is 26.2 Å². The van der Waals surface area contributed by atoms with Crippen LogP contribution in [0.4, 0.5) is 4.39 Å². The van der Waals surface area contributed by atoms with E-state index in [-0.39, 0.29) is 51.2 Å². The van der Waals surface area contributed by atoms with Crippen molar-refractivity contribution in [2.24, 2.45) is 10.7 Å². The number of benzene rings is 1. The summed E-state index contributed by atoms with van der Waals surface area (Å²) in [6, 6.07) is 5.89. The number of aromatic nitrogens is 1. The van der Waals surface area contributed by atoms with Crippen LogP contribution in [0.2, 0.25) is 0 Å². The van der Waals surface area contributed by atoms with Crippen molar-refractivity contribution in [3.63, 3.8) is 0 Å². The molecule has 8 nitrogen and oxygen atoms in total. The third kappa shape index (κ3) is 2.58. The van der Waals surface area contributed by atoms with Crippen LogP contribution in [0.1, 0.15) is 28.5 Å². The first kappa shape index (κ1) is 17.2. The number of nitrogens with one attached hydrogen (secondary N) is 2. The number of nitriles is 1. The van der Waals surface area contributed by atoms with E-state index in [9.17, 15) is 9.50 Å². The number of aliphatic hydroxyl groups is 1. The molecule has 2 heterocycles. The first-order chi connectivity index (χ1) is 12.4. The minimum Gasteiger partial charge on any atom is -0.440 e. The van der Waals surface area contributed by atoms with Crippen LogP contribution in [-0.4, -0.2) is 27.3 Å². The molecule has 0 aliphatic carbocycles. The molecule has 9 heteroatoms. The summed E-state index contributed by atoms with van der Waals surface area (Å²) < 4.78 is 20.2. The number of halogens is 1. The topological polar surface area (TPSA) is 156 Å². The van der Waals surface area contributed by atoms with Crippen molar-refractivity contribution in [2.45, 2.75) is 13.5 Å². The minimum absolute atomic E-state index is 0.0419. The fourth-order valence-electron chi connectivity index (χ4n) is 2.60. The lowest BCUT2D eigenvalue weighted by Crippen LogP contribution is -2.29. The number of amidine groups is 1. The van der Waals surface area contributed by atoms with Gasteiger partial charge in [-0.25, -0.2) is 14.4 Å². The van der Waals surface area contributed by atoms with Crippen molar-refractivity contribution in [1.82, 2.24) is 4.98 Å². The molecule has 0 bridgehead atoms. The number of rotatable bonds is 3. The maximum absolute atomic E-state index is 14.7. The molecule has 1 aliphatic heterocycles. The summed E-state index contributed by atoms with van der Waals surface area (Å²) in [7, 11) is 0. The van der Waals surface area contributed by atoms with Gasteiger partial charge in [0.25, 0.3) is 0 Å². The molecule has 2 aromatic rings.